The summed E-state index contributed by atoms with van der Waals surface area (Å²) in [6, 6.07) is 74.0. The molecule has 1 aliphatic carbocycles. The number of thiophene rings is 1. The molecular formula is C59H39NOS. The zero-order chi connectivity index (χ0) is 41.1. The molecule has 0 radical (unpaired) electrons. The first-order valence-corrected chi connectivity index (χ1v) is 22.2. The molecule has 10 aromatic carbocycles. The molecular weight excluding hydrogens is 771 g/mol. The third-order valence-electron chi connectivity index (χ3n) is 13.5. The van der Waals surface area contributed by atoms with Crippen molar-refractivity contribution < 1.29 is 4.42 Å². The van der Waals surface area contributed by atoms with Gasteiger partial charge in [0.25, 0.3) is 0 Å². The lowest BCUT2D eigenvalue weighted by Crippen LogP contribution is -2.17. The number of nitrogens with zero attached hydrogens (tertiary/aromatic N) is 1. The van der Waals surface area contributed by atoms with Gasteiger partial charge in [0.05, 0.1) is 5.69 Å². The molecule has 0 amide bonds. The Morgan fingerprint density at radius 2 is 1.05 bits per heavy atom. The summed E-state index contributed by atoms with van der Waals surface area (Å²) in [4.78, 5) is 2.48. The molecule has 0 bridgehead atoms. The van der Waals surface area contributed by atoms with Crippen molar-refractivity contribution in [1.82, 2.24) is 0 Å². The summed E-state index contributed by atoms with van der Waals surface area (Å²) in [6.07, 6.45) is 0. The zero-order valence-corrected chi connectivity index (χ0v) is 35.1. The highest BCUT2D eigenvalue weighted by Crippen LogP contribution is 2.53. The lowest BCUT2D eigenvalue weighted by Gasteiger charge is -2.31. The van der Waals surface area contributed by atoms with Gasteiger partial charge in [0.15, 0.2) is 0 Å². The van der Waals surface area contributed by atoms with E-state index in [0.29, 0.717) is 0 Å². The minimum Gasteiger partial charge on any atom is -0.456 e. The van der Waals surface area contributed by atoms with Crippen LogP contribution in [-0.2, 0) is 5.41 Å². The van der Waals surface area contributed by atoms with Crippen molar-refractivity contribution >= 4 is 92.1 Å². The fourth-order valence-corrected chi connectivity index (χ4v) is 11.7. The topological polar surface area (TPSA) is 16.4 Å². The molecule has 13 rings (SSSR count). The van der Waals surface area contributed by atoms with Crippen molar-refractivity contribution in [2.75, 3.05) is 4.90 Å². The minimum atomic E-state index is -0.171. The van der Waals surface area contributed by atoms with Gasteiger partial charge < -0.3 is 9.32 Å². The summed E-state index contributed by atoms with van der Waals surface area (Å²) >= 11 is 1.87. The number of rotatable bonds is 5. The van der Waals surface area contributed by atoms with Gasteiger partial charge in [-0.1, -0.05) is 153 Å². The Morgan fingerprint density at radius 1 is 0.403 bits per heavy atom. The lowest BCUT2D eigenvalue weighted by molar-refractivity contribution is 0.660. The summed E-state index contributed by atoms with van der Waals surface area (Å²) in [5.41, 5.74) is 14.9. The first-order valence-electron chi connectivity index (χ1n) is 21.4. The van der Waals surface area contributed by atoms with Crippen molar-refractivity contribution in [1.29, 1.82) is 0 Å². The highest BCUT2D eigenvalue weighted by atomic mass is 32.1. The maximum Gasteiger partial charge on any atom is 0.137 e. The van der Waals surface area contributed by atoms with E-state index < -0.39 is 0 Å². The van der Waals surface area contributed by atoms with E-state index in [2.05, 4.69) is 213 Å². The summed E-state index contributed by atoms with van der Waals surface area (Å²) in [5, 5.41) is 9.78. The number of fused-ring (bicyclic) bond motifs is 12. The second kappa shape index (κ2) is 13.3. The van der Waals surface area contributed by atoms with Gasteiger partial charge in [-0.25, -0.2) is 0 Å². The molecule has 0 saturated heterocycles. The number of hydrogen-bond donors (Lipinski definition) is 0. The number of anilines is 3. The third kappa shape index (κ3) is 5.16. The van der Waals surface area contributed by atoms with E-state index >= 15 is 0 Å². The van der Waals surface area contributed by atoms with Gasteiger partial charge in [-0.2, -0.15) is 0 Å². The molecule has 0 saturated carbocycles. The van der Waals surface area contributed by atoms with Crippen LogP contribution in [-0.4, -0.2) is 0 Å². The SMILES string of the molecule is CC1(C)c2ccccc2-c2ccc(N(c3ccc4c(c3)oc3ccccc34)c3cccc(-c4ccc5c(c4)sc4ccccc45)c3-c3cc4ccccc4c4ccccc34)cc21. The average Bonchev–Trinajstić information content (AvgIpc) is 3.95. The molecule has 2 heterocycles. The van der Waals surface area contributed by atoms with E-state index in [1.54, 1.807) is 0 Å². The van der Waals surface area contributed by atoms with Crippen LogP contribution in [0, 0.1) is 0 Å². The molecule has 0 unspecified atom stereocenters. The normalized spacial score (nSPS) is 13.1. The average molecular weight is 810 g/mol. The number of hydrogen-bond acceptors (Lipinski definition) is 3. The van der Waals surface area contributed by atoms with Gasteiger partial charge >= 0.3 is 0 Å². The Labute approximate surface area is 363 Å². The molecule has 0 atom stereocenters. The standard InChI is InChI=1S/C59H39NOS/c1-59(2)51-22-10-7-18-44(51)45-30-27-38(34-52(45)59)60(39-28-31-47-46-19-8-11-24-54(46)61-55(47)35-39)53-23-13-21-41(37-26-29-49-48-20-9-12-25-56(48)62-57(49)33-37)58(53)50-32-36-14-3-4-15-40(36)42-16-5-6-17-43(42)50/h3-35H,1-2H3. The first-order chi connectivity index (χ1) is 30.5. The van der Waals surface area contributed by atoms with Crippen molar-refractivity contribution in [3.8, 4) is 33.4 Å². The summed E-state index contributed by atoms with van der Waals surface area (Å²) in [6.45, 7) is 4.73. The Hall–Kier alpha value is -7.46. The van der Waals surface area contributed by atoms with Crippen LogP contribution in [0.3, 0.4) is 0 Å². The molecule has 3 heteroatoms. The van der Waals surface area contributed by atoms with Crippen LogP contribution in [0.5, 0.6) is 0 Å². The van der Waals surface area contributed by atoms with Crippen molar-refractivity contribution in [2.45, 2.75) is 19.3 Å². The van der Waals surface area contributed by atoms with Crippen molar-refractivity contribution in [3.05, 3.63) is 211 Å². The van der Waals surface area contributed by atoms with Gasteiger partial charge in [-0.3, -0.25) is 0 Å². The molecule has 0 spiro atoms. The van der Waals surface area contributed by atoms with Crippen molar-refractivity contribution in [2.24, 2.45) is 0 Å². The van der Waals surface area contributed by atoms with Crippen molar-refractivity contribution in [3.63, 3.8) is 0 Å². The van der Waals surface area contributed by atoms with Gasteiger partial charge in [0.2, 0.25) is 0 Å². The van der Waals surface area contributed by atoms with Crippen LogP contribution in [0.15, 0.2) is 205 Å². The Bertz CT molecular complexity index is 3810. The number of benzene rings is 10. The van der Waals surface area contributed by atoms with Gasteiger partial charge in [-0.05, 0) is 115 Å². The molecule has 0 N–H and O–H groups in total. The fourth-order valence-electron chi connectivity index (χ4n) is 10.5. The summed E-state index contributed by atoms with van der Waals surface area (Å²) in [5.74, 6) is 0. The molecule has 0 aliphatic heterocycles. The van der Waals surface area contributed by atoms with Crippen LogP contribution in [0.4, 0.5) is 17.1 Å². The Balaban J connectivity index is 1.13. The van der Waals surface area contributed by atoms with Gasteiger partial charge in [0, 0.05) is 59.4 Å². The van der Waals surface area contributed by atoms with E-state index in [0.717, 1.165) is 39.0 Å². The maximum absolute atomic E-state index is 6.62. The summed E-state index contributed by atoms with van der Waals surface area (Å²) in [7, 11) is 0. The quantitative estimate of drug-likeness (QED) is 0.161. The monoisotopic (exact) mass is 809 g/mol. The highest BCUT2D eigenvalue weighted by molar-refractivity contribution is 7.25. The second-order valence-corrected chi connectivity index (χ2v) is 18.3. The van der Waals surface area contributed by atoms with Crippen LogP contribution in [0.1, 0.15) is 25.0 Å². The molecule has 292 valence electrons. The van der Waals surface area contributed by atoms with E-state index in [1.807, 2.05) is 17.4 Å². The maximum atomic E-state index is 6.62. The summed E-state index contributed by atoms with van der Waals surface area (Å²) < 4.78 is 9.21. The Morgan fingerprint density at radius 3 is 1.95 bits per heavy atom. The number of furan rings is 1. The number of para-hydroxylation sites is 1. The minimum absolute atomic E-state index is 0.171. The highest BCUT2D eigenvalue weighted by Gasteiger charge is 2.36. The largest absolute Gasteiger partial charge is 0.456 e. The van der Waals surface area contributed by atoms with Crippen LogP contribution in [0.2, 0.25) is 0 Å². The molecule has 62 heavy (non-hydrogen) atoms. The first kappa shape index (κ1) is 35.3. The molecule has 0 fully saturated rings. The van der Waals surface area contributed by atoms with Crippen LogP contribution >= 0.6 is 11.3 Å². The Kier molecular flexibility index (Phi) is 7.56. The lowest BCUT2D eigenvalue weighted by atomic mass is 9.82. The van der Waals surface area contributed by atoms with Crippen LogP contribution in [0.25, 0.3) is 97.0 Å². The fraction of sp³-hybridized carbons (Fsp3) is 0.0508. The third-order valence-corrected chi connectivity index (χ3v) is 14.6. The van der Waals surface area contributed by atoms with E-state index in [-0.39, 0.29) is 5.41 Å². The predicted octanol–water partition coefficient (Wildman–Crippen LogP) is 17.4. The van der Waals surface area contributed by atoms with E-state index in [4.69, 9.17) is 4.42 Å². The zero-order valence-electron chi connectivity index (χ0n) is 34.3. The van der Waals surface area contributed by atoms with Gasteiger partial charge in [0.1, 0.15) is 11.2 Å². The molecule has 2 nitrogen and oxygen atoms in total. The smallest absolute Gasteiger partial charge is 0.137 e. The molecule has 12 aromatic rings. The predicted molar refractivity (Wildman–Crippen MR) is 265 cm³/mol. The van der Waals surface area contributed by atoms with Crippen LogP contribution < -0.4 is 4.90 Å². The second-order valence-electron chi connectivity index (χ2n) is 17.2. The molecule has 2 aromatic heterocycles. The van der Waals surface area contributed by atoms with E-state index in [9.17, 15) is 0 Å². The van der Waals surface area contributed by atoms with E-state index in [1.165, 1.54) is 86.2 Å². The molecule has 1 aliphatic rings. The van der Waals surface area contributed by atoms with Gasteiger partial charge in [-0.15, -0.1) is 11.3 Å².